The van der Waals surface area contributed by atoms with Crippen molar-refractivity contribution in [3.8, 4) is 0 Å². The Hall–Kier alpha value is -1.36. The van der Waals surface area contributed by atoms with Gasteiger partial charge in [0.1, 0.15) is 6.04 Å². The van der Waals surface area contributed by atoms with E-state index in [1.807, 2.05) is 18.7 Å². The minimum atomic E-state index is -0.966. The van der Waals surface area contributed by atoms with Crippen molar-refractivity contribution < 1.29 is 14.7 Å². The molecule has 1 saturated heterocycles. The Bertz CT molecular complexity index is 312. The number of nitrogens with zero attached hydrogens (tertiary/aromatic N) is 1. The van der Waals surface area contributed by atoms with Crippen LogP contribution in [0.25, 0.3) is 0 Å². The molecule has 0 aromatic heterocycles. The molecular weight excluding hydrogens is 208 g/mol. The van der Waals surface area contributed by atoms with E-state index in [2.05, 4.69) is 11.9 Å². The van der Waals surface area contributed by atoms with Crippen LogP contribution in [0.1, 0.15) is 20.3 Å². The third-order valence-electron chi connectivity index (χ3n) is 2.85. The molecule has 1 atom stereocenters. The first-order chi connectivity index (χ1) is 7.38. The molecule has 0 aromatic rings. The molecule has 0 spiro atoms. The predicted octanol–water partition coefficient (Wildman–Crippen LogP) is 0.226. The maximum Gasteiger partial charge on any atom is 0.305 e. The fourth-order valence-corrected chi connectivity index (χ4v) is 1.97. The van der Waals surface area contributed by atoms with Crippen LogP contribution < -0.4 is 5.32 Å². The van der Waals surface area contributed by atoms with Gasteiger partial charge in [-0.25, -0.2) is 0 Å². The van der Waals surface area contributed by atoms with Gasteiger partial charge in [0.25, 0.3) is 0 Å². The molecule has 1 unspecified atom stereocenters. The van der Waals surface area contributed by atoms with Crippen molar-refractivity contribution in [2.45, 2.75) is 31.8 Å². The Kier molecular flexibility index (Phi) is 3.70. The van der Waals surface area contributed by atoms with Gasteiger partial charge in [-0.1, -0.05) is 6.08 Å². The summed E-state index contributed by atoms with van der Waals surface area (Å²) in [4.78, 5) is 24.3. The van der Waals surface area contributed by atoms with Gasteiger partial charge in [-0.2, -0.15) is 0 Å². The second-order valence-electron chi connectivity index (χ2n) is 4.58. The minimum Gasteiger partial charge on any atom is -0.481 e. The fraction of sp³-hybridized carbons (Fsp3) is 0.636. The van der Waals surface area contributed by atoms with Gasteiger partial charge in [-0.15, -0.1) is 6.58 Å². The number of amides is 1. The summed E-state index contributed by atoms with van der Waals surface area (Å²) < 4.78 is 0. The largest absolute Gasteiger partial charge is 0.481 e. The Morgan fingerprint density at radius 2 is 2.38 bits per heavy atom. The van der Waals surface area contributed by atoms with E-state index in [0.29, 0.717) is 13.1 Å². The molecular formula is C11H18N2O3. The van der Waals surface area contributed by atoms with E-state index in [1.54, 1.807) is 6.08 Å². The molecule has 0 bridgehead atoms. The van der Waals surface area contributed by atoms with Gasteiger partial charge < -0.3 is 10.4 Å². The molecule has 5 nitrogen and oxygen atoms in total. The summed E-state index contributed by atoms with van der Waals surface area (Å²) in [6.07, 6.45) is 1.51. The quantitative estimate of drug-likeness (QED) is 0.673. The smallest absolute Gasteiger partial charge is 0.305 e. The van der Waals surface area contributed by atoms with Crippen LogP contribution in [-0.4, -0.2) is 46.6 Å². The van der Waals surface area contributed by atoms with Crippen LogP contribution in [0.4, 0.5) is 0 Å². The lowest BCUT2D eigenvalue weighted by Crippen LogP contribution is -2.65. The van der Waals surface area contributed by atoms with E-state index in [-0.39, 0.29) is 17.9 Å². The molecule has 16 heavy (non-hydrogen) atoms. The van der Waals surface area contributed by atoms with Gasteiger partial charge >= 0.3 is 5.97 Å². The van der Waals surface area contributed by atoms with Crippen molar-refractivity contribution in [3.05, 3.63) is 12.7 Å². The van der Waals surface area contributed by atoms with E-state index in [9.17, 15) is 9.59 Å². The van der Waals surface area contributed by atoms with Crippen molar-refractivity contribution in [1.82, 2.24) is 10.2 Å². The van der Waals surface area contributed by atoms with Crippen LogP contribution in [0.15, 0.2) is 12.7 Å². The topological polar surface area (TPSA) is 69.6 Å². The number of hydrogen-bond acceptors (Lipinski definition) is 3. The third-order valence-corrected chi connectivity index (χ3v) is 2.85. The lowest BCUT2D eigenvalue weighted by Gasteiger charge is -2.46. The van der Waals surface area contributed by atoms with Crippen LogP contribution in [0, 0.1) is 0 Å². The predicted molar refractivity (Wildman–Crippen MR) is 60.0 cm³/mol. The van der Waals surface area contributed by atoms with Crippen LogP contribution in [0.2, 0.25) is 0 Å². The highest BCUT2D eigenvalue weighted by Crippen LogP contribution is 2.23. The average Bonchev–Trinajstić information content (AvgIpc) is 2.17. The Morgan fingerprint density at radius 3 is 2.88 bits per heavy atom. The van der Waals surface area contributed by atoms with E-state index >= 15 is 0 Å². The van der Waals surface area contributed by atoms with Gasteiger partial charge in [0.05, 0.1) is 6.42 Å². The zero-order valence-corrected chi connectivity index (χ0v) is 9.69. The van der Waals surface area contributed by atoms with Crippen molar-refractivity contribution in [1.29, 1.82) is 0 Å². The summed E-state index contributed by atoms with van der Waals surface area (Å²) >= 11 is 0. The van der Waals surface area contributed by atoms with Crippen molar-refractivity contribution in [2.24, 2.45) is 0 Å². The standard InChI is InChI=1S/C11H18N2O3/c1-4-5-13-8(6-9(14)15)10(16)12-7-11(13,2)3/h4,8H,1,5-7H2,2-3H3,(H,12,16)(H,14,15). The fourth-order valence-electron chi connectivity index (χ4n) is 1.97. The van der Waals surface area contributed by atoms with Crippen LogP contribution in [0.3, 0.4) is 0 Å². The monoisotopic (exact) mass is 226 g/mol. The first-order valence-corrected chi connectivity index (χ1v) is 5.25. The number of carboxylic acids is 1. The van der Waals surface area contributed by atoms with Gasteiger partial charge in [0.15, 0.2) is 0 Å². The van der Waals surface area contributed by atoms with Crippen molar-refractivity contribution >= 4 is 11.9 Å². The molecule has 1 amide bonds. The number of aliphatic carboxylic acids is 1. The second kappa shape index (κ2) is 4.65. The molecule has 0 radical (unpaired) electrons. The number of nitrogens with one attached hydrogen (secondary N) is 1. The van der Waals surface area contributed by atoms with Gasteiger partial charge in [-0.05, 0) is 13.8 Å². The highest BCUT2D eigenvalue weighted by molar-refractivity contribution is 5.87. The number of carboxylic acid groups (broad SMARTS) is 1. The number of carbonyl (C=O) groups is 2. The highest BCUT2D eigenvalue weighted by atomic mass is 16.4. The molecule has 2 N–H and O–H groups in total. The van der Waals surface area contributed by atoms with Crippen LogP contribution >= 0.6 is 0 Å². The van der Waals surface area contributed by atoms with Crippen molar-refractivity contribution in [3.63, 3.8) is 0 Å². The summed E-state index contributed by atoms with van der Waals surface area (Å²) in [6.45, 7) is 8.63. The summed E-state index contributed by atoms with van der Waals surface area (Å²) in [5.74, 6) is -1.18. The number of hydrogen-bond donors (Lipinski definition) is 2. The highest BCUT2D eigenvalue weighted by Gasteiger charge is 2.41. The average molecular weight is 226 g/mol. The molecule has 1 fully saturated rings. The van der Waals surface area contributed by atoms with Crippen molar-refractivity contribution in [2.75, 3.05) is 13.1 Å². The lowest BCUT2D eigenvalue weighted by atomic mass is 9.94. The molecule has 5 heteroatoms. The Balaban J connectivity index is 2.91. The maximum absolute atomic E-state index is 11.7. The Labute approximate surface area is 95.1 Å². The van der Waals surface area contributed by atoms with Crippen LogP contribution in [0.5, 0.6) is 0 Å². The molecule has 0 saturated carbocycles. The van der Waals surface area contributed by atoms with E-state index in [1.165, 1.54) is 0 Å². The first-order valence-electron chi connectivity index (χ1n) is 5.25. The van der Waals surface area contributed by atoms with E-state index in [0.717, 1.165) is 0 Å². The minimum absolute atomic E-state index is 0.177. The van der Waals surface area contributed by atoms with E-state index < -0.39 is 12.0 Å². The molecule has 1 heterocycles. The van der Waals surface area contributed by atoms with Gasteiger partial charge in [-0.3, -0.25) is 14.5 Å². The number of rotatable bonds is 4. The number of carbonyl (C=O) groups excluding carboxylic acids is 1. The maximum atomic E-state index is 11.7. The summed E-state index contributed by atoms with van der Waals surface area (Å²) in [6, 6.07) is -0.612. The van der Waals surface area contributed by atoms with E-state index in [4.69, 9.17) is 5.11 Å². The summed E-state index contributed by atoms with van der Waals surface area (Å²) in [7, 11) is 0. The SMILES string of the molecule is C=CCN1C(CC(=O)O)C(=O)NCC1(C)C. The zero-order valence-electron chi connectivity index (χ0n) is 9.69. The second-order valence-corrected chi connectivity index (χ2v) is 4.58. The normalized spacial score (nSPS) is 24.9. The third kappa shape index (κ3) is 2.61. The lowest BCUT2D eigenvalue weighted by molar-refractivity contribution is -0.145. The zero-order chi connectivity index (χ0) is 12.3. The molecule has 0 aliphatic carbocycles. The molecule has 1 aliphatic heterocycles. The number of piperazine rings is 1. The summed E-state index contributed by atoms with van der Waals surface area (Å²) in [5, 5.41) is 11.5. The molecule has 1 aliphatic rings. The van der Waals surface area contributed by atoms with Gasteiger partial charge in [0.2, 0.25) is 5.91 Å². The van der Waals surface area contributed by atoms with Crippen LogP contribution in [-0.2, 0) is 9.59 Å². The summed E-state index contributed by atoms with van der Waals surface area (Å²) in [5.41, 5.74) is -0.248. The Morgan fingerprint density at radius 1 is 1.75 bits per heavy atom. The first kappa shape index (κ1) is 12.7. The molecule has 0 aromatic carbocycles. The molecule has 1 rings (SSSR count). The van der Waals surface area contributed by atoms with Gasteiger partial charge in [0, 0.05) is 18.6 Å². The molecule has 90 valence electrons.